The predicted octanol–water partition coefficient (Wildman–Crippen LogP) is -4.26. The molecule has 422 valence electrons. The summed E-state index contributed by atoms with van der Waals surface area (Å²) < 4.78 is 0. The van der Waals surface area contributed by atoms with Crippen LogP contribution in [0.3, 0.4) is 0 Å². The summed E-state index contributed by atoms with van der Waals surface area (Å²) in [5, 5.41) is 68.7. The van der Waals surface area contributed by atoms with Crippen LogP contribution in [-0.4, -0.2) is 174 Å². The van der Waals surface area contributed by atoms with Crippen LogP contribution in [0.5, 0.6) is 0 Å². The second-order valence-electron chi connectivity index (χ2n) is 18.3. The molecule has 29 heteroatoms. The lowest BCUT2D eigenvalue weighted by Crippen LogP contribution is -2.61. The van der Waals surface area contributed by atoms with Gasteiger partial charge in [-0.25, -0.2) is 4.79 Å². The number of primary amides is 1. The van der Waals surface area contributed by atoms with Crippen molar-refractivity contribution in [2.75, 3.05) is 6.61 Å². The van der Waals surface area contributed by atoms with Crippen LogP contribution in [-0.2, 0) is 70.4 Å². The number of aliphatic hydroxyl groups is 2. The van der Waals surface area contributed by atoms with E-state index in [1.54, 1.807) is 60.9 Å². The van der Waals surface area contributed by atoms with Crippen LogP contribution in [0.1, 0.15) is 64.0 Å². The fourth-order valence-electron chi connectivity index (χ4n) is 7.83. The van der Waals surface area contributed by atoms with Gasteiger partial charge in [-0.05, 0) is 56.9 Å². The van der Waals surface area contributed by atoms with E-state index in [1.807, 2.05) is 5.32 Å². The molecule has 4 aromatic rings. The molecule has 19 N–H and O–H groups in total. The highest BCUT2D eigenvalue weighted by Gasteiger charge is 2.36. The van der Waals surface area contributed by atoms with Gasteiger partial charge in [0.05, 0.1) is 25.2 Å². The number of para-hydroxylation sites is 2. The number of aliphatic hydroxyl groups excluding tert-OH is 2. The second-order valence-corrected chi connectivity index (χ2v) is 18.3. The Morgan fingerprint density at radius 2 is 0.949 bits per heavy atom. The fraction of sp³-hybridized carbons (Fsp3) is 0.429. The first-order valence-electron chi connectivity index (χ1n) is 24.3. The van der Waals surface area contributed by atoms with Crippen LogP contribution in [0.25, 0.3) is 21.8 Å². The monoisotopic (exact) mass is 1090 g/mol. The van der Waals surface area contributed by atoms with Crippen LogP contribution in [0.4, 0.5) is 0 Å². The molecule has 10 unspecified atom stereocenters. The van der Waals surface area contributed by atoms with Crippen molar-refractivity contribution in [3.05, 3.63) is 72.1 Å². The molecule has 0 radical (unpaired) electrons. The Morgan fingerprint density at radius 3 is 1.42 bits per heavy atom. The zero-order valence-electron chi connectivity index (χ0n) is 42.5. The first-order valence-corrected chi connectivity index (χ1v) is 24.3. The maximum Gasteiger partial charge on any atom is 0.326 e. The lowest BCUT2D eigenvalue weighted by Gasteiger charge is -2.27. The Hall–Kier alpha value is -8.96. The van der Waals surface area contributed by atoms with Gasteiger partial charge in [-0.1, -0.05) is 36.4 Å². The standard InChI is InChI=1S/C49H64N12O17/c1-22(50)41(69)57-35(18-39(67)68)46(74)58-34(17-26-20-53-30-11-7-5-9-28(26)30)45(73)60-36(21-62)47(75)59-33(16-25-19-52-29-10-6-4-8-27(25)29)44(72)54-23(2)42(70)55-31(12-14-37(51)64)43(71)61-40(24(3)63)48(76)56-32(49(77)78)13-15-38(65)66/h4-11,19-20,22-24,31-36,40,52-53,62-63H,12-18,21,50H2,1-3H3,(H2,51,64)(H,54,72)(H,55,70)(H,56,76)(H,57,69)(H,58,74)(H,59,75)(H,60,73)(H,61,71)(H,65,66)(H,67,68)(H,77,78). The molecular weight excluding hydrogens is 1030 g/mol. The molecule has 9 amide bonds. The topological polar surface area (TPSA) is 486 Å². The van der Waals surface area contributed by atoms with E-state index in [2.05, 4.69) is 47.2 Å². The van der Waals surface area contributed by atoms with E-state index in [-0.39, 0.29) is 12.8 Å². The number of nitrogens with two attached hydrogens (primary N) is 2. The third-order valence-electron chi connectivity index (χ3n) is 12.1. The molecule has 10 atom stereocenters. The minimum atomic E-state index is -1.88. The third kappa shape index (κ3) is 18.1. The van der Waals surface area contributed by atoms with Crippen molar-refractivity contribution < 1.29 is 83.1 Å². The van der Waals surface area contributed by atoms with Crippen LogP contribution >= 0.6 is 0 Å². The van der Waals surface area contributed by atoms with Gasteiger partial charge >= 0.3 is 17.9 Å². The molecule has 0 saturated carbocycles. The Kier molecular flexibility index (Phi) is 22.7. The summed E-state index contributed by atoms with van der Waals surface area (Å²) in [4.78, 5) is 161. The summed E-state index contributed by atoms with van der Waals surface area (Å²) in [6, 6.07) is -1.02. The highest BCUT2D eigenvalue weighted by molar-refractivity contribution is 5.99. The van der Waals surface area contributed by atoms with Gasteiger partial charge in [0.1, 0.15) is 48.3 Å². The van der Waals surface area contributed by atoms with Crippen molar-refractivity contribution >= 4 is 92.9 Å². The number of rotatable bonds is 31. The zero-order chi connectivity index (χ0) is 58.0. The smallest absolute Gasteiger partial charge is 0.326 e. The van der Waals surface area contributed by atoms with Crippen molar-refractivity contribution in [2.24, 2.45) is 11.5 Å². The molecule has 0 aliphatic heterocycles. The molecule has 0 aliphatic rings. The van der Waals surface area contributed by atoms with E-state index < -0.39 is 170 Å². The summed E-state index contributed by atoms with van der Waals surface area (Å²) in [5.41, 5.74) is 13.2. The number of hydrogen-bond donors (Lipinski definition) is 17. The zero-order valence-corrected chi connectivity index (χ0v) is 42.5. The van der Waals surface area contributed by atoms with Gasteiger partial charge < -0.3 is 89.5 Å². The third-order valence-corrected chi connectivity index (χ3v) is 12.1. The molecular formula is C49H64N12O17. The first-order chi connectivity index (χ1) is 36.8. The molecule has 78 heavy (non-hydrogen) atoms. The fourth-order valence-corrected chi connectivity index (χ4v) is 7.83. The number of carboxylic acids is 3. The molecule has 29 nitrogen and oxygen atoms in total. The van der Waals surface area contributed by atoms with Gasteiger partial charge in [0.15, 0.2) is 0 Å². The molecule has 2 aromatic carbocycles. The molecule has 0 bridgehead atoms. The molecule has 2 aromatic heterocycles. The lowest BCUT2D eigenvalue weighted by atomic mass is 10.0. The van der Waals surface area contributed by atoms with Crippen molar-refractivity contribution in [2.45, 2.75) is 126 Å². The number of amides is 9. The van der Waals surface area contributed by atoms with Crippen LogP contribution in [0, 0.1) is 0 Å². The van der Waals surface area contributed by atoms with Crippen molar-refractivity contribution in [1.29, 1.82) is 0 Å². The summed E-state index contributed by atoms with van der Waals surface area (Å²) in [6.07, 6.45) is -2.32. The van der Waals surface area contributed by atoms with E-state index in [0.29, 0.717) is 32.9 Å². The van der Waals surface area contributed by atoms with Gasteiger partial charge in [0.25, 0.3) is 0 Å². The number of H-pyrrole nitrogens is 2. The number of carboxylic acid groups (broad SMARTS) is 3. The SMILES string of the molecule is CC(N)C(=O)NC(CC(=O)O)C(=O)NC(Cc1c[nH]c2ccccc12)C(=O)NC(CO)C(=O)NC(Cc1c[nH]c2ccccc12)C(=O)NC(C)C(=O)NC(CCC(N)=O)C(=O)NC(C(=O)NC(CCC(=O)O)C(=O)O)C(C)O. The first kappa shape index (κ1) is 61.6. The largest absolute Gasteiger partial charge is 0.481 e. The number of benzene rings is 2. The Morgan fingerprint density at radius 1 is 0.513 bits per heavy atom. The van der Waals surface area contributed by atoms with E-state index in [4.69, 9.17) is 16.6 Å². The summed E-state index contributed by atoms with van der Waals surface area (Å²) in [6.45, 7) is 2.45. The summed E-state index contributed by atoms with van der Waals surface area (Å²) in [5.74, 6) is -14.1. The number of carbonyl (C=O) groups excluding carboxylic acids is 9. The van der Waals surface area contributed by atoms with Gasteiger partial charge in [-0.2, -0.15) is 0 Å². The minimum Gasteiger partial charge on any atom is -0.481 e. The maximum absolute atomic E-state index is 14.2. The molecule has 2 heterocycles. The van der Waals surface area contributed by atoms with E-state index in [9.17, 15) is 78.0 Å². The number of fused-ring (bicyclic) bond motifs is 2. The van der Waals surface area contributed by atoms with Crippen LogP contribution in [0.15, 0.2) is 60.9 Å². The van der Waals surface area contributed by atoms with Crippen molar-refractivity contribution in [3.8, 4) is 0 Å². The van der Waals surface area contributed by atoms with E-state index in [1.165, 1.54) is 13.8 Å². The van der Waals surface area contributed by atoms with E-state index in [0.717, 1.165) is 6.92 Å². The number of hydrogen-bond acceptors (Lipinski definition) is 15. The summed E-state index contributed by atoms with van der Waals surface area (Å²) >= 11 is 0. The van der Waals surface area contributed by atoms with Crippen LogP contribution < -0.4 is 54.0 Å². The summed E-state index contributed by atoms with van der Waals surface area (Å²) in [7, 11) is 0. The highest BCUT2D eigenvalue weighted by atomic mass is 16.4. The van der Waals surface area contributed by atoms with Gasteiger partial charge in [-0.3, -0.25) is 52.7 Å². The molecule has 0 spiro atoms. The number of aromatic amines is 2. The van der Waals surface area contributed by atoms with E-state index >= 15 is 0 Å². The molecule has 0 aliphatic carbocycles. The quantitative estimate of drug-likeness (QED) is 0.0227. The number of nitrogens with one attached hydrogen (secondary N) is 10. The Balaban J connectivity index is 1.58. The highest BCUT2D eigenvalue weighted by Crippen LogP contribution is 2.21. The average molecular weight is 1090 g/mol. The Labute approximate surface area is 443 Å². The molecule has 0 saturated heterocycles. The predicted molar refractivity (Wildman–Crippen MR) is 273 cm³/mol. The normalized spacial score (nSPS) is 15.0. The lowest BCUT2D eigenvalue weighted by molar-refractivity contribution is -0.144. The van der Waals surface area contributed by atoms with Crippen molar-refractivity contribution in [3.63, 3.8) is 0 Å². The van der Waals surface area contributed by atoms with Gasteiger partial charge in [0, 0.05) is 59.9 Å². The van der Waals surface area contributed by atoms with Crippen LogP contribution in [0.2, 0.25) is 0 Å². The average Bonchev–Trinajstić information content (AvgIpc) is 4.01. The molecule has 4 rings (SSSR count). The second kappa shape index (κ2) is 28.8. The number of aromatic nitrogens is 2. The molecule has 0 fully saturated rings. The van der Waals surface area contributed by atoms with Gasteiger partial charge in [-0.15, -0.1) is 0 Å². The van der Waals surface area contributed by atoms with Crippen molar-refractivity contribution in [1.82, 2.24) is 52.5 Å². The maximum atomic E-state index is 14.2. The minimum absolute atomic E-state index is 0.279. The van der Waals surface area contributed by atoms with Gasteiger partial charge in [0.2, 0.25) is 53.2 Å². The number of carbonyl (C=O) groups is 12. The number of aliphatic carboxylic acids is 3. The Bertz CT molecular complexity index is 2870.